The molecular weight excluding hydrogens is 506 g/mol. The van der Waals surface area contributed by atoms with Gasteiger partial charge in [-0.15, -0.1) is 0 Å². The molecule has 0 aliphatic heterocycles. The molecule has 0 atom stereocenters. The maximum atomic E-state index is 10.7. The van der Waals surface area contributed by atoms with Crippen LogP contribution in [0.1, 0.15) is 0 Å². The molecule has 0 bridgehead atoms. The highest BCUT2D eigenvalue weighted by Crippen LogP contribution is 2.42. The predicted molar refractivity (Wildman–Crippen MR) is 129 cm³/mol. The third-order valence-corrected chi connectivity index (χ3v) is 6.49. The summed E-state index contributed by atoms with van der Waals surface area (Å²) < 4.78 is 8.34. The second-order valence-corrected chi connectivity index (χ2v) is 9.09. The van der Waals surface area contributed by atoms with Crippen molar-refractivity contribution in [2.45, 2.75) is 0 Å². The molecule has 0 amide bonds. The van der Waals surface area contributed by atoms with Gasteiger partial charge in [-0.1, -0.05) is 68.3 Å². The lowest BCUT2D eigenvalue weighted by molar-refractivity contribution is 0.475. The Morgan fingerprint density at radius 1 is 0.700 bits per heavy atom. The second-order valence-electron chi connectivity index (χ2n) is 7.26. The van der Waals surface area contributed by atoms with Crippen LogP contribution in [0.4, 0.5) is 0 Å². The molecule has 5 heteroatoms. The summed E-state index contributed by atoms with van der Waals surface area (Å²) in [6, 6.07) is 23.8. The number of halogens is 2. The van der Waals surface area contributed by atoms with Crippen LogP contribution in [0.5, 0.6) is 5.75 Å². The van der Waals surface area contributed by atoms with E-state index in [0.29, 0.717) is 11.5 Å². The molecule has 0 radical (unpaired) electrons. The summed E-state index contributed by atoms with van der Waals surface area (Å²) in [5.41, 5.74) is 2.11. The Kier molecular flexibility index (Phi) is 3.92. The SMILES string of the molecule is Oc1ccc2ccccc2c1-c1nc2c3ccc(Br)cc3c3cc(Br)ccc3c2o1. The smallest absolute Gasteiger partial charge is 0.231 e. The van der Waals surface area contributed by atoms with Crippen molar-refractivity contribution in [2.75, 3.05) is 0 Å². The second kappa shape index (κ2) is 6.56. The number of hydrogen-bond donors (Lipinski definition) is 1. The van der Waals surface area contributed by atoms with Crippen molar-refractivity contribution in [2.24, 2.45) is 0 Å². The summed E-state index contributed by atoms with van der Waals surface area (Å²) in [6.07, 6.45) is 0. The number of oxazole rings is 1. The zero-order valence-corrected chi connectivity index (χ0v) is 18.7. The van der Waals surface area contributed by atoms with Gasteiger partial charge < -0.3 is 9.52 Å². The molecular formula is C25H13Br2NO2. The number of aromatic hydroxyl groups is 1. The van der Waals surface area contributed by atoms with Crippen molar-refractivity contribution < 1.29 is 9.52 Å². The number of phenolic OH excluding ortho intramolecular Hbond substituents is 1. The van der Waals surface area contributed by atoms with Gasteiger partial charge in [0.1, 0.15) is 11.3 Å². The van der Waals surface area contributed by atoms with Gasteiger partial charge in [-0.2, -0.15) is 0 Å². The van der Waals surface area contributed by atoms with Gasteiger partial charge in [0.05, 0.1) is 5.56 Å². The summed E-state index contributed by atoms with van der Waals surface area (Å²) >= 11 is 7.18. The topological polar surface area (TPSA) is 46.3 Å². The monoisotopic (exact) mass is 517 g/mol. The van der Waals surface area contributed by atoms with E-state index in [0.717, 1.165) is 52.4 Å². The summed E-state index contributed by atoms with van der Waals surface area (Å²) in [4.78, 5) is 4.87. The molecule has 6 aromatic rings. The molecule has 0 spiro atoms. The number of rotatable bonds is 1. The minimum Gasteiger partial charge on any atom is -0.507 e. The number of nitrogens with zero attached hydrogens (tertiary/aromatic N) is 1. The Morgan fingerprint density at radius 2 is 1.40 bits per heavy atom. The van der Waals surface area contributed by atoms with E-state index in [2.05, 4.69) is 50.1 Å². The summed E-state index contributed by atoms with van der Waals surface area (Å²) in [7, 11) is 0. The lowest BCUT2D eigenvalue weighted by Crippen LogP contribution is -1.83. The highest BCUT2D eigenvalue weighted by Gasteiger charge is 2.20. The van der Waals surface area contributed by atoms with Crippen LogP contribution in [0.3, 0.4) is 0 Å². The molecule has 5 aromatic carbocycles. The molecule has 0 fully saturated rings. The molecule has 1 N–H and O–H groups in total. The number of hydrogen-bond acceptors (Lipinski definition) is 3. The Morgan fingerprint density at radius 3 is 2.20 bits per heavy atom. The fraction of sp³-hybridized carbons (Fsp3) is 0. The summed E-state index contributed by atoms with van der Waals surface area (Å²) in [6.45, 7) is 0. The predicted octanol–water partition coefficient (Wildman–Crippen LogP) is 8.19. The standard InChI is InChI=1S/C25H13Br2NO2/c26-14-6-8-17-19(11-14)20-12-15(27)7-9-18(20)24-23(17)28-25(30-24)22-16-4-2-1-3-13(16)5-10-21(22)29/h1-12,29H. The van der Waals surface area contributed by atoms with E-state index in [1.165, 1.54) is 0 Å². The van der Waals surface area contributed by atoms with E-state index < -0.39 is 0 Å². The Hall–Kier alpha value is -2.89. The van der Waals surface area contributed by atoms with Gasteiger partial charge in [0.2, 0.25) is 5.89 Å². The van der Waals surface area contributed by atoms with E-state index >= 15 is 0 Å². The fourth-order valence-electron chi connectivity index (χ4n) is 4.16. The van der Waals surface area contributed by atoms with Crippen molar-refractivity contribution >= 4 is 75.3 Å². The first-order valence-electron chi connectivity index (χ1n) is 9.42. The van der Waals surface area contributed by atoms with Gasteiger partial charge >= 0.3 is 0 Å². The Balaban J connectivity index is 1.79. The first kappa shape index (κ1) is 17.9. The molecule has 0 aliphatic rings. The third-order valence-electron chi connectivity index (χ3n) is 5.50. The maximum Gasteiger partial charge on any atom is 0.231 e. The summed E-state index contributed by atoms with van der Waals surface area (Å²) in [5, 5.41) is 16.8. The van der Waals surface area contributed by atoms with Gasteiger partial charge in [0.25, 0.3) is 0 Å². The van der Waals surface area contributed by atoms with Gasteiger partial charge in [-0.3, -0.25) is 0 Å². The van der Waals surface area contributed by atoms with E-state index in [1.807, 2.05) is 48.5 Å². The van der Waals surface area contributed by atoms with Crippen LogP contribution >= 0.6 is 31.9 Å². The van der Waals surface area contributed by atoms with Crippen molar-refractivity contribution in [3.05, 3.63) is 81.7 Å². The van der Waals surface area contributed by atoms with Crippen LogP contribution in [0.15, 0.2) is 86.2 Å². The van der Waals surface area contributed by atoms with Crippen molar-refractivity contribution in [1.29, 1.82) is 0 Å². The van der Waals surface area contributed by atoms with Crippen molar-refractivity contribution in [3.8, 4) is 17.2 Å². The third kappa shape index (κ3) is 2.59. The summed E-state index contributed by atoms with van der Waals surface area (Å²) in [5.74, 6) is 0.568. The lowest BCUT2D eigenvalue weighted by atomic mass is 10.0. The van der Waals surface area contributed by atoms with Crippen LogP contribution < -0.4 is 0 Å². The zero-order chi connectivity index (χ0) is 20.4. The van der Waals surface area contributed by atoms with Crippen LogP contribution in [0.25, 0.3) is 54.9 Å². The van der Waals surface area contributed by atoms with Crippen molar-refractivity contribution in [3.63, 3.8) is 0 Å². The number of fused-ring (bicyclic) bond motifs is 7. The minimum atomic E-state index is 0.152. The number of phenols is 1. The average molecular weight is 519 g/mol. The van der Waals surface area contributed by atoms with Crippen LogP contribution in [0.2, 0.25) is 0 Å². The van der Waals surface area contributed by atoms with E-state index in [4.69, 9.17) is 9.40 Å². The fourth-order valence-corrected chi connectivity index (χ4v) is 4.88. The molecule has 0 unspecified atom stereocenters. The number of aromatic nitrogens is 1. The Bertz CT molecular complexity index is 1560. The maximum absolute atomic E-state index is 10.7. The lowest BCUT2D eigenvalue weighted by Gasteiger charge is -2.06. The highest BCUT2D eigenvalue weighted by atomic mass is 79.9. The molecule has 0 saturated carbocycles. The van der Waals surface area contributed by atoms with E-state index in [1.54, 1.807) is 6.07 Å². The molecule has 1 aromatic heterocycles. The molecule has 3 nitrogen and oxygen atoms in total. The van der Waals surface area contributed by atoms with Crippen LogP contribution in [-0.4, -0.2) is 10.1 Å². The number of benzene rings is 5. The van der Waals surface area contributed by atoms with Gasteiger partial charge in [-0.25, -0.2) is 4.98 Å². The minimum absolute atomic E-state index is 0.152. The molecule has 0 saturated heterocycles. The van der Waals surface area contributed by atoms with Gasteiger partial charge in [0.15, 0.2) is 5.58 Å². The molecule has 30 heavy (non-hydrogen) atoms. The first-order valence-corrected chi connectivity index (χ1v) is 11.0. The quantitative estimate of drug-likeness (QED) is 0.223. The van der Waals surface area contributed by atoms with Crippen LogP contribution in [0, 0.1) is 0 Å². The van der Waals surface area contributed by atoms with E-state index in [-0.39, 0.29) is 5.75 Å². The molecule has 6 rings (SSSR count). The zero-order valence-electron chi connectivity index (χ0n) is 15.5. The van der Waals surface area contributed by atoms with Gasteiger partial charge in [-0.05, 0) is 57.9 Å². The van der Waals surface area contributed by atoms with E-state index in [9.17, 15) is 5.11 Å². The normalized spacial score (nSPS) is 11.8. The van der Waals surface area contributed by atoms with Gasteiger partial charge in [0, 0.05) is 19.7 Å². The molecule has 1 heterocycles. The Labute approximate surface area is 188 Å². The average Bonchev–Trinajstić information content (AvgIpc) is 3.18. The van der Waals surface area contributed by atoms with Crippen LogP contribution in [-0.2, 0) is 0 Å². The first-order chi connectivity index (χ1) is 14.6. The molecule has 0 aliphatic carbocycles. The van der Waals surface area contributed by atoms with Crippen molar-refractivity contribution in [1.82, 2.24) is 4.98 Å². The molecule has 144 valence electrons. The largest absolute Gasteiger partial charge is 0.507 e. The highest BCUT2D eigenvalue weighted by molar-refractivity contribution is 9.10.